The fourth-order valence-electron chi connectivity index (χ4n) is 2.40. The van der Waals surface area contributed by atoms with Crippen molar-refractivity contribution in [3.05, 3.63) is 39.9 Å². The number of non-ortho nitro benzene ring substituents is 1. The lowest BCUT2D eigenvalue weighted by Gasteiger charge is -2.39. The van der Waals surface area contributed by atoms with E-state index in [0.717, 1.165) is 9.99 Å². The molecule has 0 bridgehead atoms. The molecule has 0 amide bonds. The number of benzene rings is 1. The summed E-state index contributed by atoms with van der Waals surface area (Å²) in [5.74, 6) is 0. The number of nitro benzene ring substituents is 1. The molecule has 1 N–H and O–H groups in total. The molecule has 6 heteroatoms. The molecule has 5 nitrogen and oxygen atoms in total. The maximum atomic E-state index is 10.6. The molecule has 0 aromatic heterocycles. The lowest BCUT2D eigenvalue weighted by Crippen LogP contribution is -2.40. The highest BCUT2D eigenvalue weighted by Crippen LogP contribution is 2.38. The van der Waals surface area contributed by atoms with Gasteiger partial charge in [0.2, 0.25) is 0 Å². The Balaban J connectivity index is 2.18. The maximum absolute atomic E-state index is 10.6. The predicted molar refractivity (Wildman–Crippen MR) is 79.5 cm³/mol. The molecule has 19 heavy (non-hydrogen) atoms. The molecule has 0 radical (unpaired) electrons. The second-order valence-corrected chi connectivity index (χ2v) is 6.04. The van der Waals surface area contributed by atoms with Gasteiger partial charge < -0.3 is 9.84 Å². The summed E-state index contributed by atoms with van der Waals surface area (Å²) < 4.78 is 6.74. The molecule has 1 saturated heterocycles. The third-order valence-corrected chi connectivity index (χ3v) is 4.28. The first-order chi connectivity index (χ1) is 8.91. The van der Waals surface area contributed by atoms with Gasteiger partial charge in [0.05, 0.1) is 22.7 Å². The molecule has 2 rings (SSSR count). The Morgan fingerprint density at radius 1 is 1.47 bits per heavy atom. The van der Waals surface area contributed by atoms with E-state index >= 15 is 0 Å². The smallest absolute Gasteiger partial charge is 0.269 e. The van der Waals surface area contributed by atoms with Crippen LogP contribution < -0.4 is 0 Å². The average molecular weight is 377 g/mol. The Kier molecular flexibility index (Phi) is 4.42. The highest BCUT2D eigenvalue weighted by molar-refractivity contribution is 14.1. The van der Waals surface area contributed by atoms with Crippen LogP contribution in [0.3, 0.4) is 0 Å². The Labute approximate surface area is 125 Å². The van der Waals surface area contributed by atoms with Crippen LogP contribution in [0.2, 0.25) is 0 Å². The van der Waals surface area contributed by atoms with Gasteiger partial charge in [0, 0.05) is 29.4 Å². The van der Waals surface area contributed by atoms with Crippen LogP contribution in [-0.4, -0.2) is 26.2 Å². The number of aliphatic hydroxyl groups is 1. The number of halogens is 1. The quantitative estimate of drug-likeness (QED) is 0.381. The first kappa shape index (κ1) is 14.7. The molecule has 1 aromatic rings. The van der Waals surface area contributed by atoms with E-state index in [1.54, 1.807) is 12.1 Å². The van der Waals surface area contributed by atoms with Gasteiger partial charge in [-0.1, -0.05) is 22.6 Å². The third-order valence-electron chi connectivity index (χ3n) is 3.30. The molecule has 1 fully saturated rings. The number of rotatable bonds is 3. The van der Waals surface area contributed by atoms with E-state index in [2.05, 4.69) is 22.6 Å². The zero-order valence-electron chi connectivity index (χ0n) is 10.6. The number of ether oxygens (including phenoxy) is 1. The van der Waals surface area contributed by atoms with Crippen LogP contribution in [0, 0.1) is 10.1 Å². The average Bonchev–Trinajstić information content (AvgIpc) is 2.37. The summed E-state index contributed by atoms with van der Waals surface area (Å²) in [5, 5.41) is 20.9. The Morgan fingerprint density at radius 3 is 2.63 bits per heavy atom. The maximum Gasteiger partial charge on any atom is 0.269 e. The Hall–Kier alpha value is -0.730. The molecule has 1 heterocycles. The van der Waals surface area contributed by atoms with Crippen molar-refractivity contribution in [1.82, 2.24) is 0 Å². The molecule has 0 saturated carbocycles. The summed E-state index contributed by atoms with van der Waals surface area (Å²) >= 11 is 2.24. The predicted octanol–water partition coefficient (Wildman–Crippen LogP) is 3.00. The molecule has 0 unspecified atom stereocenters. The van der Waals surface area contributed by atoms with E-state index in [0.29, 0.717) is 12.8 Å². The Bertz CT molecular complexity index is 460. The van der Waals surface area contributed by atoms with Crippen LogP contribution in [0.1, 0.15) is 31.4 Å². The minimum absolute atomic E-state index is 0.0181. The van der Waals surface area contributed by atoms with Gasteiger partial charge in [-0.3, -0.25) is 10.1 Å². The normalized spacial score (nSPS) is 31.1. The van der Waals surface area contributed by atoms with Gasteiger partial charge in [0.25, 0.3) is 5.69 Å². The van der Waals surface area contributed by atoms with E-state index in [-0.39, 0.29) is 17.9 Å². The summed E-state index contributed by atoms with van der Waals surface area (Å²) in [6.07, 6.45) is 0.950. The lowest BCUT2D eigenvalue weighted by molar-refractivity contribution is -0.384. The van der Waals surface area contributed by atoms with Gasteiger partial charge in [-0.05, 0) is 24.6 Å². The zero-order valence-corrected chi connectivity index (χ0v) is 12.7. The van der Waals surface area contributed by atoms with Crippen molar-refractivity contribution in [3.63, 3.8) is 0 Å². The van der Waals surface area contributed by atoms with Gasteiger partial charge in [0.15, 0.2) is 0 Å². The largest absolute Gasteiger partial charge is 0.390 e. The molecular formula is C13H16INO4. The summed E-state index contributed by atoms with van der Waals surface area (Å²) in [7, 11) is 0. The van der Waals surface area contributed by atoms with Gasteiger partial charge >= 0.3 is 0 Å². The van der Waals surface area contributed by atoms with E-state index in [9.17, 15) is 15.2 Å². The monoisotopic (exact) mass is 377 g/mol. The van der Waals surface area contributed by atoms with Gasteiger partial charge in [-0.15, -0.1) is 0 Å². The second kappa shape index (κ2) is 5.72. The molecule has 1 aliphatic heterocycles. The number of nitrogens with zero attached hydrogens (tertiary/aromatic N) is 1. The summed E-state index contributed by atoms with van der Waals surface area (Å²) in [4.78, 5) is 10.2. The highest BCUT2D eigenvalue weighted by atomic mass is 127. The van der Waals surface area contributed by atoms with Gasteiger partial charge in [0.1, 0.15) is 0 Å². The fourth-order valence-corrected chi connectivity index (χ4v) is 2.92. The second-order valence-electron chi connectivity index (χ2n) is 5.15. The summed E-state index contributed by atoms with van der Waals surface area (Å²) in [6, 6.07) is 6.35. The third kappa shape index (κ3) is 3.64. The number of hydrogen-bond donors (Lipinski definition) is 1. The van der Waals surface area contributed by atoms with Crippen LogP contribution in [-0.2, 0) is 4.74 Å². The fraction of sp³-hybridized carbons (Fsp3) is 0.538. The van der Waals surface area contributed by atoms with Crippen LogP contribution in [0.25, 0.3) is 0 Å². The standard InChI is InChI=1S/C13H16INO4/c1-13(16)6-11(8-14)19-12(7-13)9-2-4-10(5-3-9)15(17)18/h2-5,11-12,16H,6-8H2,1H3/t11-,12+,13-/m0/s1. The van der Waals surface area contributed by atoms with Crippen molar-refractivity contribution in [2.24, 2.45) is 0 Å². The first-order valence-corrected chi connectivity index (χ1v) is 7.62. The van der Waals surface area contributed by atoms with Crippen molar-refractivity contribution in [1.29, 1.82) is 0 Å². The summed E-state index contributed by atoms with van der Waals surface area (Å²) in [6.45, 7) is 1.81. The van der Waals surface area contributed by atoms with E-state index in [4.69, 9.17) is 4.74 Å². The van der Waals surface area contributed by atoms with Gasteiger partial charge in [-0.25, -0.2) is 0 Å². The molecule has 104 valence electrons. The van der Waals surface area contributed by atoms with Crippen LogP contribution in [0.4, 0.5) is 5.69 Å². The van der Waals surface area contributed by atoms with Crippen LogP contribution in [0.15, 0.2) is 24.3 Å². The molecule has 3 atom stereocenters. The van der Waals surface area contributed by atoms with Crippen molar-refractivity contribution >= 4 is 28.3 Å². The Morgan fingerprint density at radius 2 is 2.11 bits per heavy atom. The van der Waals surface area contributed by atoms with E-state index in [1.165, 1.54) is 12.1 Å². The van der Waals surface area contributed by atoms with E-state index in [1.807, 2.05) is 6.92 Å². The topological polar surface area (TPSA) is 72.6 Å². The molecular weight excluding hydrogens is 361 g/mol. The van der Waals surface area contributed by atoms with E-state index < -0.39 is 10.5 Å². The molecule has 1 aliphatic rings. The minimum atomic E-state index is -0.749. The van der Waals surface area contributed by atoms with Crippen molar-refractivity contribution in [2.45, 2.75) is 37.6 Å². The first-order valence-electron chi connectivity index (χ1n) is 6.09. The molecule has 1 aromatic carbocycles. The highest BCUT2D eigenvalue weighted by Gasteiger charge is 2.36. The van der Waals surface area contributed by atoms with Crippen molar-refractivity contribution in [2.75, 3.05) is 4.43 Å². The zero-order chi connectivity index (χ0) is 14.0. The number of hydrogen-bond acceptors (Lipinski definition) is 4. The van der Waals surface area contributed by atoms with Crippen molar-refractivity contribution in [3.8, 4) is 0 Å². The van der Waals surface area contributed by atoms with Gasteiger partial charge in [-0.2, -0.15) is 0 Å². The number of alkyl halides is 1. The minimum Gasteiger partial charge on any atom is -0.390 e. The SMILES string of the molecule is C[C@]1(O)C[C@@H](CI)O[C@@H](c2ccc([N+](=O)[O-])cc2)C1. The number of nitro groups is 1. The van der Waals surface area contributed by atoms with Crippen LogP contribution in [0.5, 0.6) is 0 Å². The molecule has 0 aliphatic carbocycles. The summed E-state index contributed by atoms with van der Waals surface area (Å²) in [5.41, 5.74) is 0.192. The van der Waals surface area contributed by atoms with Crippen molar-refractivity contribution < 1.29 is 14.8 Å². The molecule has 0 spiro atoms. The lowest BCUT2D eigenvalue weighted by atomic mass is 9.86. The van der Waals surface area contributed by atoms with Crippen LogP contribution >= 0.6 is 22.6 Å².